The van der Waals surface area contributed by atoms with Crippen molar-refractivity contribution in [3.8, 4) is 5.75 Å². The first-order valence-corrected chi connectivity index (χ1v) is 6.06. The van der Waals surface area contributed by atoms with Crippen molar-refractivity contribution < 1.29 is 4.74 Å². The molecule has 2 heteroatoms. The highest BCUT2D eigenvalue weighted by molar-refractivity contribution is 5.52. The van der Waals surface area contributed by atoms with Crippen molar-refractivity contribution in [2.24, 2.45) is 5.73 Å². The average Bonchev–Trinajstić information content (AvgIpc) is 3.13. The van der Waals surface area contributed by atoms with Crippen LogP contribution in [0, 0.1) is 6.92 Å². The molecule has 2 fully saturated rings. The first kappa shape index (κ1) is 10.2. The minimum atomic E-state index is 0.0636. The summed E-state index contributed by atoms with van der Waals surface area (Å²) in [7, 11) is 1.76. The highest BCUT2D eigenvalue weighted by Gasteiger charge is 2.64. The van der Waals surface area contributed by atoms with E-state index in [-0.39, 0.29) is 11.0 Å². The largest absolute Gasteiger partial charge is 0.496 e. The van der Waals surface area contributed by atoms with Gasteiger partial charge in [-0.1, -0.05) is 18.2 Å². The fourth-order valence-corrected chi connectivity index (χ4v) is 3.07. The lowest BCUT2D eigenvalue weighted by atomic mass is 9.84. The van der Waals surface area contributed by atoms with Crippen molar-refractivity contribution in [1.29, 1.82) is 0 Å². The van der Waals surface area contributed by atoms with Crippen LogP contribution in [0.2, 0.25) is 0 Å². The lowest BCUT2D eigenvalue weighted by Gasteiger charge is -2.26. The van der Waals surface area contributed by atoms with Gasteiger partial charge in [0, 0.05) is 16.5 Å². The van der Waals surface area contributed by atoms with Crippen LogP contribution in [-0.2, 0) is 5.41 Å². The summed E-state index contributed by atoms with van der Waals surface area (Å²) in [5.74, 6) is 1.05. The van der Waals surface area contributed by atoms with E-state index < -0.39 is 0 Å². The van der Waals surface area contributed by atoms with Crippen LogP contribution in [0.3, 0.4) is 0 Å². The van der Waals surface area contributed by atoms with E-state index >= 15 is 0 Å². The Labute approximate surface area is 96.8 Å². The van der Waals surface area contributed by atoms with Crippen molar-refractivity contribution in [2.45, 2.75) is 43.6 Å². The molecule has 16 heavy (non-hydrogen) atoms. The highest BCUT2D eigenvalue weighted by Crippen LogP contribution is 2.65. The fraction of sp³-hybridized carbons (Fsp3) is 0.571. The van der Waals surface area contributed by atoms with Gasteiger partial charge in [-0.2, -0.15) is 0 Å². The zero-order chi connectivity index (χ0) is 11.4. The van der Waals surface area contributed by atoms with Gasteiger partial charge < -0.3 is 10.5 Å². The Hall–Kier alpha value is -1.02. The lowest BCUT2D eigenvalue weighted by molar-refractivity contribution is 0.390. The summed E-state index contributed by atoms with van der Waals surface area (Å²) in [5.41, 5.74) is 9.29. The predicted octanol–water partition coefficient (Wildman–Crippen LogP) is 2.53. The van der Waals surface area contributed by atoms with Crippen LogP contribution in [0.15, 0.2) is 18.2 Å². The molecule has 0 atom stereocenters. The molecule has 0 radical (unpaired) electrons. The summed E-state index contributed by atoms with van der Waals surface area (Å²) in [6.07, 6.45) is 4.79. The number of benzene rings is 1. The van der Waals surface area contributed by atoms with E-state index in [1.54, 1.807) is 7.11 Å². The Balaban J connectivity index is 2.10. The van der Waals surface area contributed by atoms with Gasteiger partial charge >= 0.3 is 0 Å². The molecule has 0 unspecified atom stereocenters. The maximum atomic E-state index is 6.44. The molecule has 2 nitrogen and oxygen atoms in total. The number of hydrogen-bond donors (Lipinski definition) is 1. The molecule has 0 saturated heterocycles. The summed E-state index contributed by atoms with van der Waals surface area (Å²) >= 11 is 0. The van der Waals surface area contributed by atoms with Gasteiger partial charge in [0.2, 0.25) is 0 Å². The van der Waals surface area contributed by atoms with Crippen LogP contribution in [-0.4, -0.2) is 12.6 Å². The van der Waals surface area contributed by atoms with E-state index in [1.807, 2.05) is 0 Å². The molecule has 0 heterocycles. The van der Waals surface area contributed by atoms with Crippen LogP contribution < -0.4 is 10.5 Å². The molecular weight excluding hydrogens is 198 g/mol. The van der Waals surface area contributed by atoms with Crippen molar-refractivity contribution in [1.82, 2.24) is 0 Å². The zero-order valence-electron chi connectivity index (χ0n) is 10.0. The Morgan fingerprint density at radius 3 is 2.38 bits per heavy atom. The van der Waals surface area contributed by atoms with Crippen molar-refractivity contribution in [3.63, 3.8) is 0 Å². The summed E-state index contributed by atoms with van der Waals surface area (Å²) < 4.78 is 5.57. The number of rotatable bonds is 3. The van der Waals surface area contributed by atoms with E-state index in [0.29, 0.717) is 0 Å². The normalized spacial score (nSPS) is 23.9. The van der Waals surface area contributed by atoms with Gasteiger partial charge in [-0.05, 0) is 38.2 Å². The van der Waals surface area contributed by atoms with Gasteiger partial charge in [-0.25, -0.2) is 0 Å². The Morgan fingerprint density at radius 1 is 1.19 bits per heavy atom. The monoisotopic (exact) mass is 217 g/mol. The zero-order valence-corrected chi connectivity index (χ0v) is 10.0. The molecule has 2 saturated carbocycles. The summed E-state index contributed by atoms with van der Waals surface area (Å²) in [6.45, 7) is 2.11. The van der Waals surface area contributed by atoms with Gasteiger partial charge in [0.1, 0.15) is 5.75 Å². The van der Waals surface area contributed by atoms with Crippen LogP contribution in [0.5, 0.6) is 5.75 Å². The predicted molar refractivity (Wildman–Crippen MR) is 64.8 cm³/mol. The Kier molecular flexibility index (Phi) is 1.91. The summed E-state index contributed by atoms with van der Waals surface area (Å²) in [5, 5.41) is 0. The molecule has 0 aromatic heterocycles. The van der Waals surface area contributed by atoms with E-state index in [1.165, 1.54) is 36.8 Å². The average molecular weight is 217 g/mol. The first-order chi connectivity index (χ1) is 7.63. The second kappa shape index (κ2) is 3.01. The second-order valence-corrected chi connectivity index (χ2v) is 5.39. The fourth-order valence-electron chi connectivity index (χ4n) is 3.07. The van der Waals surface area contributed by atoms with Gasteiger partial charge in [0.25, 0.3) is 0 Å². The van der Waals surface area contributed by atoms with E-state index in [4.69, 9.17) is 10.5 Å². The van der Waals surface area contributed by atoms with Crippen LogP contribution in [0.25, 0.3) is 0 Å². The van der Waals surface area contributed by atoms with E-state index in [2.05, 4.69) is 25.1 Å². The second-order valence-electron chi connectivity index (χ2n) is 5.39. The molecular formula is C14H19NO. The minimum absolute atomic E-state index is 0.0636. The Morgan fingerprint density at radius 2 is 1.88 bits per heavy atom. The molecule has 1 aromatic rings. The van der Waals surface area contributed by atoms with Crippen LogP contribution in [0.4, 0.5) is 0 Å². The molecule has 2 N–H and O–H groups in total. The molecule has 1 aromatic carbocycles. The molecule has 0 aliphatic heterocycles. The van der Waals surface area contributed by atoms with Crippen molar-refractivity contribution >= 4 is 0 Å². The van der Waals surface area contributed by atoms with Crippen LogP contribution in [0.1, 0.15) is 36.8 Å². The maximum Gasteiger partial charge on any atom is 0.125 e. The lowest BCUT2D eigenvalue weighted by Crippen LogP contribution is -2.37. The quantitative estimate of drug-likeness (QED) is 0.844. The van der Waals surface area contributed by atoms with Gasteiger partial charge in [0.15, 0.2) is 0 Å². The summed E-state index contributed by atoms with van der Waals surface area (Å²) in [6, 6.07) is 6.43. The number of ether oxygens (including phenoxy) is 1. The number of aryl methyl sites for hydroxylation is 1. The topological polar surface area (TPSA) is 35.2 Å². The third-order valence-corrected chi connectivity index (χ3v) is 4.42. The van der Waals surface area contributed by atoms with Gasteiger partial charge in [0.05, 0.1) is 7.11 Å². The number of hydrogen-bond acceptors (Lipinski definition) is 2. The van der Waals surface area contributed by atoms with Crippen LogP contribution >= 0.6 is 0 Å². The third kappa shape index (κ3) is 1.17. The SMILES string of the molecule is COc1c(C)cccc1C1(C2(N)CC2)CC1. The number of nitrogens with two attached hydrogens (primary N) is 1. The molecule has 86 valence electrons. The maximum absolute atomic E-state index is 6.44. The minimum Gasteiger partial charge on any atom is -0.496 e. The third-order valence-electron chi connectivity index (χ3n) is 4.42. The molecule has 3 rings (SSSR count). The first-order valence-electron chi connectivity index (χ1n) is 6.06. The van der Waals surface area contributed by atoms with Crippen molar-refractivity contribution in [3.05, 3.63) is 29.3 Å². The number of para-hydroxylation sites is 1. The molecule has 0 spiro atoms. The standard InChI is InChI=1S/C14H19NO/c1-10-4-3-5-11(12(10)16-2)13(6-7-13)14(15)8-9-14/h3-5H,6-9,15H2,1-2H3. The molecule has 0 amide bonds. The van der Waals surface area contributed by atoms with Gasteiger partial charge in [-0.3, -0.25) is 0 Å². The highest BCUT2D eigenvalue weighted by atomic mass is 16.5. The Bertz CT molecular complexity index is 430. The van der Waals surface area contributed by atoms with E-state index in [9.17, 15) is 0 Å². The molecule has 2 aliphatic carbocycles. The molecule has 0 bridgehead atoms. The summed E-state index contributed by atoms with van der Waals surface area (Å²) in [4.78, 5) is 0. The van der Waals surface area contributed by atoms with Gasteiger partial charge in [-0.15, -0.1) is 0 Å². The number of methoxy groups -OCH3 is 1. The van der Waals surface area contributed by atoms with Crippen molar-refractivity contribution in [2.75, 3.05) is 7.11 Å². The molecule has 2 aliphatic rings. The van der Waals surface area contributed by atoms with E-state index in [0.717, 1.165) is 5.75 Å². The smallest absolute Gasteiger partial charge is 0.125 e.